The predicted octanol–water partition coefficient (Wildman–Crippen LogP) is 2.60. The van der Waals surface area contributed by atoms with Crippen molar-refractivity contribution in [1.82, 2.24) is 0 Å². The summed E-state index contributed by atoms with van der Waals surface area (Å²) >= 11 is 0. The molecule has 0 radical (unpaired) electrons. The highest BCUT2D eigenvalue weighted by Gasteiger charge is 2.54. The summed E-state index contributed by atoms with van der Waals surface area (Å²) in [4.78, 5) is 11.8. The predicted molar refractivity (Wildman–Crippen MR) is 72.4 cm³/mol. The Morgan fingerprint density at radius 3 is 3.16 bits per heavy atom. The van der Waals surface area contributed by atoms with Gasteiger partial charge in [0.2, 0.25) is 0 Å². The lowest BCUT2D eigenvalue weighted by molar-refractivity contribution is -0.140. The fourth-order valence-electron chi connectivity index (χ4n) is 4.58. The van der Waals surface area contributed by atoms with Crippen molar-refractivity contribution in [1.29, 1.82) is 0 Å². The molecule has 0 aromatic carbocycles. The normalized spacial score (nSPS) is 35.1. The molecule has 104 valence electrons. The fourth-order valence-corrected chi connectivity index (χ4v) is 4.58. The standard InChI is InChI=1S/C16H22O3/c1-11(15(18)19-8-7-17)9-16-6-5-12(10-16)13-3-2-4-14(13)16/h4,12-13,17H,1-3,5-10H2. The van der Waals surface area contributed by atoms with Crippen LogP contribution in [0.1, 0.15) is 38.5 Å². The van der Waals surface area contributed by atoms with E-state index < -0.39 is 0 Å². The van der Waals surface area contributed by atoms with Crippen LogP contribution in [-0.4, -0.2) is 24.3 Å². The Bertz CT molecular complexity index is 437. The quantitative estimate of drug-likeness (QED) is 0.470. The van der Waals surface area contributed by atoms with E-state index in [2.05, 4.69) is 12.7 Å². The molecule has 3 nitrogen and oxygen atoms in total. The summed E-state index contributed by atoms with van der Waals surface area (Å²) < 4.78 is 4.97. The molecule has 2 fully saturated rings. The number of hydrogen-bond acceptors (Lipinski definition) is 3. The van der Waals surface area contributed by atoms with Crippen molar-refractivity contribution in [2.75, 3.05) is 13.2 Å². The van der Waals surface area contributed by atoms with E-state index in [-0.39, 0.29) is 24.6 Å². The molecule has 3 atom stereocenters. The lowest BCUT2D eigenvalue weighted by atomic mass is 9.73. The van der Waals surface area contributed by atoms with E-state index in [1.165, 1.54) is 32.1 Å². The molecule has 3 unspecified atom stereocenters. The lowest BCUT2D eigenvalue weighted by Crippen LogP contribution is -2.23. The summed E-state index contributed by atoms with van der Waals surface area (Å²) in [6, 6.07) is 0. The first kappa shape index (κ1) is 12.9. The van der Waals surface area contributed by atoms with Gasteiger partial charge in [0.15, 0.2) is 0 Å². The first-order valence-electron chi connectivity index (χ1n) is 7.32. The molecule has 3 aliphatic carbocycles. The van der Waals surface area contributed by atoms with Crippen molar-refractivity contribution in [3.63, 3.8) is 0 Å². The Kier molecular flexibility index (Phi) is 3.25. The minimum absolute atomic E-state index is 0.0683. The smallest absolute Gasteiger partial charge is 0.333 e. The van der Waals surface area contributed by atoms with E-state index in [0.29, 0.717) is 5.57 Å². The summed E-state index contributed by atoms with van der Waals surface area (Å²) in [5, 5.41) is 8.69. The van der Waals surface area contributed by atoms with Crippen LogP contribution in [0.15, 0.2) is 23.8 Å². The van der Waals surface area contributed by atoms with Crippen molar-refractivity contribution >= 4 is 5.97 Å². The summed E-state index contributed by atoms with van der Waals surface area (Å²) in [5.74, 6) is 1.29. The Balaban J connectivity index is 1.69. The highest BCUT2D eigenvalue weighted by Crippen LogP contribution is 2.65. The third-order valence-electron chi connectivity index (χ3n) is 5.23. The maximum Gasteiger partial charge on any atom is 0.333 e. The first-order valence-corrected chi connectivity index (χ1v) is 7.32. The van der Waals surface area contributed by atoms with Gasteiger partial charge in [-0.15, -0.1) is 0 Å². The van der Waals surface area contributed by atoms with Gasteiger partial charge in [0.05, 0.1) is 6.61 Å². The van der Waals surface area contributed by atoms with Crippen molar-refractivity contribution in [2.45, 2.75) is 38.5 Å². The number of aliphatic hydroxyl groups excluding tert-OH is 1. The molecule has 3 rings (SSSR count). The number of aliphatic hydroxyl groups is 1. The summed E-state index contributed by atoms with van der Waals surface area (Å²) in [6.45, 7) is 3.86. The van der Waals surface area contributed by atoms with Gasteiger partial charge in [0.25, 0.3) is 0 Å². The van der Waals surface area contributed by atoms with Gasteiger partial charge in [-0.1, -0.05) is 18.2 Å². The molecule has 2 bridgehead atoms. The van der Waals surface area contributed by atoms with Crippen LogP contribution >= 0.6 is 0 Å². The molecular formula is C16H22O3. The molecular weight excluding hydrogens is 240 g/mol. The Morgan fingerprint density at radius 2 is 2.37 bits per heavy atom. The highest BCUT2D eigenvalue weighted by molar-refractivity contribution is 5.88. The summed E-state index contributed by atoms with van der Waals surface area (Å²) in [7, 11) is 0. The van der Waals surface area contributed by atoms with Gasteiger partial charge in [-0.3, -0.25) is 0 Å². The van der Waals surface area contributed by atoms with Crippen molar-refractivity contribution in [3.05, 3.63) is 23.8 Å². The van der Waals surface area contributed by atoms with Crippen LogP contribution in [0.4, 0.5) is 0 Å². The van der Waals surface area contributed by atoms with Gasteiger partial charge in [0, 0.05) is 5.57 Å². The molecule has 1 N–H and O–H groups in total. The SMILES string of the molecule is C=C(CC12CCC(C1)C1CCC=C12)C(=O)OCCO. The zero-order valence-corrected chi connectivity index (χ0v) is 11.4. The summed E-state index contributed by atoms with van der Waals surface area (Å²) in [6.07, 6.45) is 9.41. The van der Waals surface area contributed by atoms with Gasteiger partial charge in [-0.25, -0.2) is 4.79 Å². The van der Waals surface area contributed by atoms with Crippen molar-refractivity contribution in [3.8, 4) is 0 Å². The third kappa shape index (κ3) is 2.04. The van der Waals surface area contributed by atoms with E-state index >= 15 is 0 Å². The number of carbonyl (C=O) groups excluding carboxylic acids is 1. The number of ether oxygens (including phenoxy) is 1. The summed E-state index contributed by atoms with van der Waals surface area (Å²) in [5.41, 5.74) is 2.39. The van der Waals surface area contributed by atoms with Crippen LogP contribution in [0.3, 0.4) is 0 Å². The van der Waals surface area contributed by atoms with Crippen LogP contribution in [0.25, 0.3) is 0 Å². The average molecular weight is 262 g/mol. The number of fused-ring (bicyclic) bond motifs is 5. The fraction of sp³-hybridized carbons (Fsp3) is 0.688. The Labute approximate surface area is 114 Å². The monoisotopic (exact) mass is 262 g/mol. The van der Waals surface area contributed by atoms with Crippen LogP contribution < -0.4 is 0 Å². The average Bonchev–Trinajstić information content (AvgIpc) is 3.07. The Morgan fingerprint density at radius 1 is 1.53 bits per heavy atom. The van der Waals surface area contributed by atoms with Gasteiger partial charge in [-0.05, 0) is 55.8 Å². The second-order valence-electron chi connectivity index (χ2n) is 6.27. The molecule has 0 spiro atoms. The largest absolute Gasteiger partial charge is 0.460 e. The van der Waals surface area contributed by atoms with E-state index in [0.717, 1.165) is 18.3 Å². The number of rotatable bonds is 5. The van der Waals surface area contributed by atoms with E-state index in [1.54, 1.807) is 5.57 Å². The molecule has 0 saturated heterocycles. The molecule has 0 aromatic rings. The zero-order chi connectivity index (χ0) is 13.5. The minimum atomic E-state index is -0.339. The molecule has 19 heavy (non-hydrogen) atoms. The molecule has 2 saturated carbocycles. The van der Waals surface area contributed by atoms with Crippen molar-refractivity contribution < 1.29 is 14.6 Å². The molecule has 3 heteroatoms. The van der Waals surface area contributed by atoms with Gasteiger partial charge >= 0.3 is 5.97 Å². The number of hydrogen-bond donors (Lipinski definition) is 1. The second-order valence-corrected chi connectivity index (χ2v) is 6.27. The van der Waals surface area contributed by atoms with Crippen LogP contribution in [-0.2, 0) is 9.53 Å². The second kappa shape index (κ2) is 4.78. The molecule has 0 heterocycles. The Hall–Kier alpha value is -1.09. The van der Waals surface area contributed by atoms with Crippen LogP contribution in [0.5, 0.6) is 0 Å². The zero-order valence-electron chi connectivity index (χ0n) is 11.4. The number of carbonyl (C=O) groups is 1. The molecule has 0 aliphatic heterocycles. The molecule has 3 aliphatic rings. The number of allylic oxidation sites excluding steroid dienone is 2. The van der Waals surface area contributed by atoms with Gasteiger partial charge < -0.3 is 9.84 Å². The van der Waals surface area contributed by atoms with Crippen molar-refractivity contribution in [2.24, 2.45) is 17.3 Å². The van der Waals surface area contributed by atoms with Crippen LogP contribution in [0, 0.1) is 17.3 Å². The topological polar surface area (TPSA) is 46.5 Å². The minimum Gasteiger partial charge on any atom is -0.460 e. The van der Waals surface area contributed by atoms with Crippen LogP contribution in [0.2, 0.25) is 0 Å². The molecule has 0 amide bonds. The molecule has 0 aromatic heterocycles. The van der Waals surface area contributed by atoms with E-state index in [1.807, 2.05) is 0 Å². The maximum absolute atomic E-state index is 11.8. The van der Waals surface area contributed by atoms with E-state index in [9.17, 15) is 4.79 Å². The maximum atomic E-state index is 11.8. The third-order valence-corrected chi connectivity index (χ3v) is 5.23. The lowest BCUT2D eigenvalue weighted by Gasteiger charge is -2.31. The number of esters is 1. The highest BCUT2D eigenvalue weighted by atomic mass is 16.5. The first-order chi connectivity index (χ1) is 9.16. The van der Waals surface area contributed by atoms with E-state index in [4.69, 9.17) is 9.84 Å². The van der Waals surface area contributed by atoms with Gasteiger partial charge in [0.1, 0.15) is 6.61 Å². The van der Waals surface area contributed by atoms with Gasteiger partial charge in [-0.2, -0.15) is 0 Å².